The number of nitrogens with one attached hydrogen (secondary N) is 1. The first-order valence-electron chi connectivity index (χ1n) is 5.75. The zero-order chi connectivity index (χ0) is 9.52. The summed E-state index contributed by atoms with van der Waals surface area (Å²) >= 11 is 0. The summed E-state index contributed by atoms with van der Waals surface area (Å²) in [6, 6.07) is 1.34. The van der Waals surface area contributed by atoms with E-state index in [2.05, 4.69) is 31.3 Å². The molecule has 0 fully saturated rings. The molecule has 1 heteroatoms. The van der Waals surface area contributed by atoms with Gasteiger partial charge in [0.05, 0.1) is 0 Å². The van der Waals surface area contributed by atoms with Gasteiger partial charge in [-0.25, -0.2) is 0 Å². The van der Waals surface area contributed by atoms with Crippen LogP contribution in [0.1, 0.15) is 52.4 Å². The number of allylic oxidation sites excluding steroid dienone is 1. The van der Waals surface area contributed by atoms with Crippen LogP contribution in [0.2, 0.25) is 0 Å². The van der Waals surface area contributed by atoms with Crippen molar-refractivity contribution in [2.45, 2.75) is 64.5 Å². The van der Waals surface area contributed by atoms with E-state index >= 15 is 0 Å². The Kier molecular flexibility index (Phi) is 5.14. The summed E-state index contributed by atoms with van der Waals surface area (Å²) in [6.45, 7) is 4.56. The minimum absolute atomic E-state index is 0.653. The summed E-state index contributed by atoms with van der Waals surface area (Å²) < 4.78 is 0. The minimum Gasteiger partial charge on any atom is -0.308 e. The zero-order valence-corrected chi connectivity index (χ0v) is 9.05. The van der Waals surface area contributed by atoms with Crippen LogP contribution in [0, 0.1) is 0 Å². The molecule has 1 aliphatic carbocycles. The fourth-order valence-electron chi connectivity index (χ4n) is 1.91. The van der Waals surface area contributed by atoms with Gasteiger partial charge in [-0.2, -0.15) is 0 Å². The molecule has 0 bridgehead atoms. The summed E-state index contributed by atoms with van der Waals surface area (Å²) in [5.41, 5.74) is 0. The van der Waals surface area contributed by atoms with Crippen LogP contribution in [0.3, 0.4) is 0 Å². The maximum absolute atomic E-state index is 3.67. The van der Waals surface area contributed by atoms with E-state index in [0.29, 0.717) is 12.1 Å². The largest absolute Gasteiger partial charge is 0.308 e. The highest BCUT2D eigenvalue weighted by Gasteiger charge is 2.10. The molecule has 1 nitrogen and oxygen atoms in total. The highest BCUT2D eigenvalue weighted by atomic mass is 14.9. The molecule has 1 rings (SSSR count). The lowest BCUT2D eigenvalue weighted by atomic mass is 10.0. The SMILES string of the molecule is CCCCC(C)NC1C=CCCC1. The molecule has 0 aromatic carbocycles. The van der Waals surface area contributed by atoms with Gasteiger partial charge in [-0.05, 0) is 32.6 Å². The summed E-state index contributed by atoms with van der Waals surface area (Å²) in [5, 5.41) is 3.67. The third-order valence-electron chi connectivity index (χ3n) is 2.74. The lowest BCUT2D eigenvalue weighted by Crippen LogP contribution is -2.35. The van der Waals surface area contributed by atoms with E-state index in [1.165, 1.54) is 38.5 Å². The average Bonchev–Trinajstić information content (AvgIpc) is 2.16. The second-order valence-corrected chi connectivity index (χ2v) is 4.18. The van der Waals surface area contributed by atoms with Crippen molar-refractivity contribution in [3.8, 4) is 0 Å². The quantitative estimate of drug-likeness (QED) is 0.642. The molecule has 0 spiro atoms. The molecular weight excluding hydrogens is 158 g/mol. The van der Waals surface area contributed by atoms with Gasteiger partial charge >= 0.3 is 0 Å². The smallest absolute Gasteiger partial charge is 0.0252 e. The molecule has 1 N–H and O–H groups in total. The molecule has 0 aromatic heterocycles. The summed E-state index contributed by atoms with van der Waals surface area (Å²) in [5.74, 6) is 0. The molecule has 2 atom stereocenters. The van der Waals surface area contributed by atoms with Gasteiger partial charge in [0.25, 0.3) is 0 Å². The molecule has 76 valence electrons. The van der Waals surface area contributed by atoms with Crippen LogP contribution in [0.15, 0.2) is 12.2 Å². The maximum Gasteiger partial charge on any atom is 0.0252 e. The summed E-state index contributed by atoms with van der Waals surface area (Å²) in [6.07, 6.45) is 12.6. The standard InChI is InChI=1S/C12H23N/c1-3-4-8-11(2)13-12-9-6-5-7-10-12/h6,9,11-13H,3-5,7-8,10H2,1-2H3. The van der Waals surface area contributed by atoms with Gasteiger partial charge in [0.15, 0.2) is 0 Å². The van der Waals surface area contributed by atoms with Gasteiger partial charge in [0, 0.05) is 12.1 Å². The van der Waals surface area contributed by atoms with E-state index in [9.17, 15) is 0 Å². The monoisotopic (exact) mass is 181 g/mol. The van der Waals surface area contributed by atoms with Crippen LogP contribution >= 0.6 is 0 Å². The Balaban J connectivity index is 2.14. The number of hydrogen-bond acceptors (Lipinski definition) is 1. The van der Waals surface area contributed by atoms with Crippen LogP contribution in [-0.4, -0.2) is 12.1 Å². The number of unbranched alkanes of at least 4 members (excludes halogenated alkanes) is 1. The fraction of sp³-hybridized carbons (Fsp3) is 0.833. The van der Waals surface area contributed by atoms with Gasteiger partial charge < -0.3 is 5.32 Å². The third-order valence-corrected chi connectivity index (χ3v) is 2.74. The van der Waals surface area contributed by atoms with Gasteiger partial charge in [-0.1, -0.05) is 31.9 Å². The molecule has 0 saturated carbocycles. The Morgan fingerprint density at radius 2 is 2.38 bits per heavy atom. The van der Waals surface area contributed by atoms with Gasteiger partial charge in [0.1, 0.15) is 0 Å². The van der Waals surface area contributed by atoms with Crippen molar-refractivity contribution in [1.29, 1.82) is 0 Å². The van der Waals surface area contributed by atoms with Crippen LogP contribution < -0.4 is 5.32 Å². The molecular formula is C12H23N. The van der Waals surface area contributed by atoms with E-state index < -0.39 is 0 Å². The van der Waals surface area contributed by atoms with E-state index in [1.54, 1.807) is 0 Å². The van der Waals surface area contributed by atoms with Crippen molar-refractivity contribution in [3.63, 3.8) is 0 Å². The third kappa shape index (κ3) is 4.47. The van der Waals surface area contributed by atoms with Crippen molar-refractivity contribution in [1.82, 2.24) is 5.32 Å². The second kappa shape index (κ2) is 6.20. The van der Waals surface area contributed by atoms with Crippen LogP contribution in [0.4, 0.5) is 0 Å². The molecule has 1 aliphatic rings. The molecule has 0 saturated heterocycles. The Bertz CT molecular complexity index is 151. The van der Waals surface area contributed by atoms with E-state index in [0.717, 1.165) is 0 Å². The Labute approximate surface area is 82.6 Å². The second-order valence-electron chi connectivity index (χ2n) is 4.18. The van der Waals surface area contributed by atoms with Crippen LogP contribution in [0.5, 0.6) is 0 Å². The highest BCUT2D eigenvalue weighted by Crippen LogP contribution is 2.11. The summed E-state index contributed by atoms with van der Waals surface area (Å²) in [7, 11) is 0. The molecule has 13 heavy (non-hydrogen) atoms. The average molecular weight is 181 g/mol. The topological polar surface area (TPSA) is 12.0 Å². The summed E-state index contributed by atoms with van der Waals surface area (Å²) in [4.78, 5) is 0. The Hall–Kier alpha value is -0.300. The highest BCUT2D eigenvalue weighted by molar-refractivity contribution is 4.98. The minimum atomic E-state index is 0.653. The van der Waals surface area contributed by atoms with Crippen LogP contribution in [-0.2, 0) is 0 Å². The number of hydrogen-bond donors (Lipinski definition) is 1. The molecule has 0 aliphatic heterocycles. The Morgan fingerprint density at radius 3 is 3.00 bits per heavy atom. The van der Waals surface area contributed by atoms with Crippen molar-refractivity contribution >= 4 is 0 Å². The van der Waals surface area contributed by atoms with Crippen molar-refractivity contribution in [2.75, 3.05) is 0 Å². The maximum atomic E-state index is 3.67. The van der Waals surface area contributed by atoms with Gasteiger partial charge in [-0.15, -0.1) is 0 Å². The lowest BCUT2D eigenvalue weighted by Gasteiger charge is -2.22. The zero-order valence-electron chi connectivity index (χ0n) is 9.05. The van der Waals surface area contributed by atoms with Crippen molar-refractivity contribution in [3.05, 3.63) is 12.2 Å². The molecule has 0 heterocycles. The van der Waals surface area contributed by atoms with Crippen molar-refractivity contribution in [2.24, 2.45) is 0 Å². The van der Waals surface area contributed by atoms with Crippen LogP contribution in [0.25, 0.3) is 0 Å². The first kappa shape index (κ1) is 10.8. The molecule has 0 radical (unpaired) electrons. The first-order valence-corrected chi connectivity index (χ1v) is 5.75. The van der Waals surface area contributed by atoms with Gasteiger partial charge in [-0.3, -0.25) is 0 Å². The fourth-order valence-corrected chi connectivity index (χ4v) is 1.91. The molecule has 0 amide bonds. The molecule has 0 aromatic rings. The Morgan fingerprint density at radius 1 is 1.54 bits per heavy atom. The van der Waals surface area contributed by atoms with Crippen molar-refractivity contribution < 1.29 is 0 Å². The predicted molar refractivity (Wildman–Crippen MR) is 58.9 cm³/mol. The predicted octanol–water partition coefficient (Wildman–Crippen LogP) is 3.26. The first-order chi connectivity index (χ1) is 6.33. The van der Waals surface area contributed by atoms with E-state index in [4.69, 9.17) is 0 Å². The van der Waals surface area contributed by atoms with E-state index in [-0.39, 0.29) is 0 Å². The normalized spacial score (nSPS) is 24.6. The molecule has 2 unspecified atom stereocenters. The van der Waals surface area contributed by atoms with E-state index in [1.807, 2.05) is 0 Å². The number of rotatable bonds is 5. The lowest BCUT2D eigenvalue weighted by molar-refractivity contribution is 0.430. The van der Waals surface area contributed by atoms with Gasteiger partial charge in [0.2, 0.25) is 0 Å².